The first-order chi connectivity index (χ1) is 10.5. The summed E-state index contributed by atoms with van der Waals surface area (Å²) >= 11 is 0. The lowest BCUT2D eigenvalue weighted by Crippen LogP contribution is -2.21. The minimum atomic E-state index is -0.00664. The highest BCUT2D eigenvalue weighted by Gasteiger charge is 2.14. The summed E-state index contributed by atoms with van der Waals surface area (Å²) in [6.07, 6.45) is 3.72. The molecule has 2 N–H and O–H groups in total. The van der Waals surface area contributed by atoms with Crippen LogP contribution in [0, 0.1) is 11.8 Å². The number of amides is 2. The molecule has 2 amide bonds. The first-order valence-electron chi connectivity index (χ1n) is 8.19. The number of rotatable bonds is 8. The van der Waals surface area contributed by atoms with Crippen molar-refractivity contribution in [3.8, 4) is 0 Å². The van der Waals surface area contributed by atoms with Crippen molar-refractivity contribution < 1.29 is 9.59 Å². The van der Waals surface area contributed by atoms with Crippen molar-refractivity contribution in [1.82, 2.24) is 0 Å². The van der Waals surface area contributed by atoms with Crippen LogP contribution in [0.5, 0.6) is 0 Å². The van der Waals surface area contributed by atoms with Crippen LogP contribution < -0.4 is 10.6 Å². The van der Waals surface area contributed by atoms with Crippen LogP contribution in [0.4, 0.5) is 11.4 Å². The second-order valence-corrected chi connectivity index (χ2v) is 5.94. The minimum absolute atomic E-state index is 0.00664. The van der Waals surface area contributed by atoms with Crippen LogP contribution >= 0.6 is 0 Å². The summed E-state index contributed by atoms with van der Waals surface area (Å²) in [6, 6.07) is 7.30. The summed E-state index contributed by atoms with van der Waals surface area (Å²) in [7, 11) is 0. The van der Waals surface area contributed by atoms with Crippen LogP contribution in [0.2, 0.25) is 0 Å². The Bertz CT molecular complexity index is 458. The number of benzene rings is 1. The van der Waals surface area contributed by atoms with Gasteiger partial charge in [0.2, 0.25) is 11.8 Å². The smallest absolute Gasteiger partial charge is 0.227 e. The molecule has 0 heterocycles. The number of nitrogens with one attached hydrogen (secondary N) is 2. The Hall–Kier alpha value is -1.84. The fraction of sp³-hybridized carbons (Fsp3) is 0.556. The fourth-order valence-corrected chi connectivity index (χ4v) is 2.33. The molecule has 0 fully saturated rings. The van der Waals surface area contributed by atoms with Crippen LogP contribution in [0.15, 0.2) is 24.3 Å². The molecule has 0 aliphatic heterocycles. The molecule has 22 heavy (non-hydrogen) atoms. The van der Waals surface area contributed by atoms with Gasteiger partial charge in [0.05, 0.1) is 0 Å². The second-order valence-electron chi connectivity index (χ2n) is 5.94. The summed E-state index contributed by atoms with van der Waals surface area (Å²) in [5.41, 5.74) is 1.43. The molecule has 4 heteroatoms. The zero-order valence-electron chi connectivity index (χ0n) is 14.1. The second kappa shape index (κ2) is 9.23. The van der Waals surface area contributed by atoms with Crippen LogP contribution in [-0.2, 0) is 9.59 Å². The van der Waals surface area contributed by atoms with Crippen LogP contribution in [0.3, 0.4) is 0 Å². The highest BCUT2D eigenvalue weighted by molar-refractivity contribution is 5.95. The van der Waals surface area contributed by atoms with E-state index in [0.717, 1.165) is 25.7 Å². The number of hydrogen-bond acceptors (Lipinski definition) is 2. The van der Waals surface area contributed by atoms with Crippen molar-refractivity contribution in [3.05, 3.63) is 24.3 Å². The molecule has 0 spiro atoms. The van der Waals surface area contributed by atoms with Gasteiger partial charge in [-0.3, -0.25) is 9.59 Å². The fourth-order valence-electron chi connectivity index (χ4n) is 2.33. The molecule has 0 aliphatic carbocycles. The Kier molecular flexibility index (Phi) is 7.64. The Labute approximate surface area is 133 Å². The van der Waals surface area contributed by atoms with E-state index in [1.807, 2.05) is 32.0 Å². The average molecular weight is 304 g/mol. The predicted molar refractivity (Wildman–Crippen MR) is 91.8 cm³/mol. The van der Waals surface area contributed by atoms with Gasteiger partial charge in [0.25, 0.3) is 0 Å². The number of anilines is 2. The third kappa shape index (κ3) is 5.88. The number of carbonyl (C=O) groups is 2. The Morgan fingerprint density at radius 1 is 0.909 bits per heavy atom. The molecule has 1 aromatic carbocycles. The lowest BCUT2D eigenvalue weighted by molar-refractivity contribution is -0.120. The lowest BCUT2D eigenvalue weighted by Gasteiger charge is -2.14. The summed E-state index contributed by atoms with van der Waals surface area (Å²) in [6.45, 7) is 7.99. The summed E-state index contributed by atoms with van der Waals surface area (Å²) < 4.78 is 0. The molecule has 0 saturated heterocycles. The standard InChI is InChI=1S/C18H28N2O2/c1-5-8-13(3)17(21)19-15-10-7-11-16(12-15)20-18(22)14(4)9-6-2/h7,10-14H,5-6,8-9H2,1-4H3,(H,19,21)(H,20,22). The topological polar surface area (TPSA) is 58.2 Å². The van der Waals surface area contributed by atoms with Gasteiger partial charge in [0.1, 0.15) is 0 Å². The zero-order chi connectivity index (χ0) is 16.5. The predicted octanol–water partition coefficient (Wildman–Crippen LogP) is 4.44. The summed E-state index contributed by atoms with van der Waals surface area (Å²) in [5.74, 6) is 0.0232. The SMILES string of the molecule is CCCC(C)C(=O)Nc1cccc(NC(=O)C(C)CCC)c1. The van der Waals surface area contributed by atoms with Crippen molar-refractivity contribution in [3.63, 3.8) is 0 Å². The summed E-state index contributed by atoms with van der Waals surface area (Å²) in [5, 5.41) is 5.81. The number of hydrogen-bond donors (Lipinski definition) is 2. The molecule has 1 rings (SSSR count). The van der Waals surface area contributed by atoms with Crippen molar-refractivity contribution in [2.24, 2.45) is 11.8 Å². The van der Waals surface area contributed by atoms with E-state index in [2.05, 4.69) is 24.5 Å². The molecular formula is C18H28N2O2. The molecule has 2 unspecified atom stereocenters. The maximum absolute atomic E-state index is 12.0. The third-order valence-electron chi connectivity index (χ3n) is 3.74. The molecule has 0 aliphatic rings. The number of carbonyl (C=O) groups excluding carboxylic acids is 2. The van der Waals surface area contributed by atoms with Gasteiger partial charge in [0, 0.05) is 23.2 Å². The van der Waals surface area contributed by atoms with Gasteiger partial charge in [-0.25, -0.2) is 0 Å². The van der Waals surface area contributed by atoms with E-state index < -0.39 is 0 Å². The van der Waals surface area contributed by atoms with Crippen LogP contribution in [0.25, 0.3) is 0 Å². The van der Waals surface area contributed by atoms with Crippen LogP contribution in [0.1, 0.15) is 53.4 Å². The summed E-state index contributed by atoms with van der Waals surface area (Å²) in [4.78, 5) is 24.1. The van der Waals surface area contributed by atoms with E-state index in [4.69, 9.17) is 0 Å². The van der Waals surface area contributed by atoms with Gasteiger partial charge >= 0.3 is 0 Å². The van der Waals surface area contributed by atoms with Crippen molar-refractivity contribution >= 4 is 23.2 Å². The largest absolute Gasteiger partial charge is 0.326 e. The molecule has 0 bridgehead atoms. The van der Waals surface area contributed by atoms with E-state index in [-0.39, 0.29) is 23.7 Å². The molecular weight excluding hydrogens is 276 g/mol. The molecule has 2 atom stereocenters. The van der Waals surface area contributed by atoms with Gasteiger partial charge < -0.3 is 10.6 Å². The van der Waals surface area contributed by atoms with E-state index >= 15 is 0 Å². The first-order valence-corrected chi connectivity index (χ1v) is 8.19. The molecule has 1 aromatic rings. The molecule has 122 valence electrons. The van der Waals surface area contributed by atoms with Gasteiger partial charge in [-0.2, -0.15) is 0 Å². The van der Waals surface area contributed by atoms with Gasteiger partial charge in [-0.1, -0.05) is 46.6 Å². The average Bonchev–Trinajstić information content (AvgIpc) is 2.48. The van der Waals surface area contributed by atoms with Gasteiger partial charge in [-0.05, 0) is 31.0 Å². The lowest BCUT2D eigenvalue weighted by atomic mass is 10.1. The minimum Gasteiger partial charge on any atom is -0.326 e. The van der Waals surface area contributed by atoms with Gasteiger partial charge in [0.15, 0.2) is 0 Å². The van der Waals surface area contributed by atoms with Crippen molar-refractivity contribution in [2.75, 3.05) is 10.6 Å². The quantitative estimate of drug-likeness (QED) is 0.746. The Balaban J connectivity index is 2.66. The van der Waals surface area contributed by atoms with Crippen molar-refractivity contribution in [2.45, 2.75) is 53.4 Å². The van der Waals surface area contributed by atoms with E-state index in [1.54, 1.807) is 6.07 Å². The van der Waals surface area contributed by atoms with Gasteiger partial charge in [-0.15, -0.1) is 0 Å². The zero-order valence-corrected chi connectivity index (χ0v) is 14.1. The third-order valence-corrected chi connectivity index (χ3v) is 3.74. The highest BCUT2D eigenvalue weighted by atomic mass is 16.2. The molecule has 4 nitrogen and oxygen atoms in total. The molecule has 0 saturated carbocycles. The Morgan fingerprint density at radius 3 is 1.68 bits per heavy atom. The van der Waals surface area contributed by atoms with E-state index in [0.29, 0.717) is 11.4 Å². The maximum atomic E-state index is 12.0. The Morgan fingerprint density at radius 2 is 1.32 bits per heavy atom. The normalized spacial score (nSPS) is 13.3. The molecule has 0 radical (unpaired) electrons. The molecule has 0 aromatic heterocycles. The van der Waals surface area contributed by atoms with Crippen LogP contribution in [-0.4, -0.2) is 11.8 Å². The maximum Gasteiger partial charge on any atom is 0.227 e. The highest BCUT2D eigenvalue weighted by Crippen LogP contribution is 2.18. The van der Waals surface area contributed by atoms with Crippen molar-refractivity contribution in [1.29, 1.82) is 0 Å². The monoisotopic (exact) mass is 304 g/mol. The first kappa shape index (κ1) is 18.2. The van der Waals surface area contributed by atoms with E-state index in [1.165, 1.54) is 0 Å². The van der Waals surface area contributed by atoms with E-state index in [9.17, 15) is 9.59 Å².